The third-order valence-electron chi connectivity index (χ3n) is 6.55. The zero-order chi connectivity index (χ0) is 21.3. The molecule has 0 amide bonds. The molecule has 0 bridgehead atoms. The van der Waals surface area contributed by atoms with Gasteiger partial charge in [-0.05, 0) is 42.7 Å². The van der Waals surface area contributed by atoms with E-state index in [0.29, 0.717) is 0 Å². The van der Waals surface area contributed by atoms with Crippen LogP contribution in [0.2, 0.25) is 0 Å². The van der Waals surface area contributed by atoms with Gasteiger partial charge in [0.1, 0.15) is 5.65 Å². The van der Waals surface area contributed by atoms with Crippen LogP contribution in [0.5, 0.6) is 0 Å². The number of aromatic nitrogens is 2. The van der Waals surface area contributed by atoms with E-state index in [1.807, 2.05) is 0 Å². The summed E-state index contributed by atoms with van der Waals surface area (Å²) in [4.78, 5) is 7.22. The number of rotatable bonds is 6. The highest BCUT2D eigenvalue weighted by molar-refractivity contribution is 5.48. The number of hydrogen-bond donors (Lipinski definition) is 1. The summed E-state index contributed by atoms with van der Waals surface area (Å²) < 4.78 is 13.9. The van der Waals surface area contributed by atoms with Crippen molar-refractivity contribution in [3.8, 4) is 0 Å². The molecule has 2 saturated heterocycles. The van der Waals surface area contributed by atoms with Crippen LogP contribution in [0.3, 0.4) is 0 Å². The molecule has 0 saturated carbocycles. The summed E-state index contributed by atoms with van der Waals surface area (Å²) in [6.07, 6.45) is 5.00. The number of nitrogens with zero attached hydrogens (tertiary/aromatic N) is 3. The Morgan fingerprint density at radius 2 is 1.74 bits per heavy atom. The quantitative estimate of drug-likeness (QED) is 0.657. The van der Waals surface area contributed by atoms with Gasteiger partial charge in [-0.2, -0.15) is 0 Å². The Hall–Kier alpha value is -2.41. The van der Waals surface area contributed by atoms with Crippen molar-refractivity contribution in [2.75, 3.05) is 31.2 Å². The van der Waals surface area contributed by atoms with Crippen molar-refractivity contribution in [1.29, 1.82) is 0 Å². The summed E-state index contributed by atoms with van der Waals surface area (Å²) >= 11 is 0. The molecule has 3 aromatic rings. The van der Waals surface area contributed by atoms with Gasteiger partial charge in [-0.1, -0.05) is 25.1 Å². The molecule has 2 fully saturated rings. The maximum Gasteiger partial charge on any atom is 0.171 e. The van der Waals surface area contributed by atoms with Gasteiger partial charge in [-0.15, -0.1) is 0 Å². The van der Waals surface area contributed by atoms with E-state index in [1.165, 1.54) is 28.2 Å². The Labute approximate surface area is 184 Å². The number of nitrogens with one attached hydrogen (secondary N) is 1. The summed E-state index contributed by atoms with van der Waals surface area (Å²) in [5.41, 5.74) is 7.28. The van der Waals surface area contributed by atoms with Gasteiger partial charge in [-0.25, -0.2) is 4.98 Å². The molecule has 1 spiro atoms. The standard InChI is InChI=1S/C25H32N4O2/c1-3-22-23(29-18-19(2)4-9-24(29)27-22)17-26-16-20-5-7-21(8-6-20)28-12-10-25(11-13-28)30-14-15-31-25/h4-9,18,26H,3,10-17H2,1-2H3. The van der Waals surface area contributed by atoms with Gasteiger partial charge in [0.05, 0.1) is 24.6 Å². The first kappa shape index (κ1) is 20.5. The lowest BCUT2D eigenvalue weighted by molar-refractivity contribution is -0.169. The summed E-state index contributed by atoms with van der Waals surface area (Å²) in [6, 6.07) is 13.2. The Kier molecular flexibility index (Phi) is 5.69. The molecule has 2 aliphatic rings. The van der Waals surface area contributed by atoms with E-state index >= 15 is 0 Å². The Morgan fingerprint density at radius 3 is 2.45 bits per heavy atom. The van der Waals surface area contributed by atoms with Gasteiger partial charge in [0.2, 0.25) is 0 Å². The van der Waals surface area contributed by atoms with Crippen molar-refractivity contribution >= 4 is 11.3 Å². The van der Waals surface area contributed by atoms with Crippen molar-refractivity contribution in [3.05, 3.63) is 65.1 Å². The fourth-order valence-electron chi connectivity index (χ4n) is 4.76. The lowest BCUT2D eigenvalue weighted by atomic mass is 10.0. The van der Waals surface area contributed by atoms with Crippen LogP contribution < -0.4 is 10.2 Å². The zero-order valence-corrected chi connectivity index (χ0v) is 18.6. The van der Waals surface area contributed by atoms with Crippen molar-refractivity contribution in [2.45, 2.75) is 52.0 Å². The minimum atomic E-state index is -0.311. The number of hydrogen-bond acceptors (Lipinski definition) is 5. The second-order valence-corrected chi connectivity index (χ2v) is 8.66. The van der Waals surface area contributed by atoms with Crippen molar-refractivity contribution < 1.29 is 9.47 Å². The van der Waals surface area contributed by atoms with Crippen LogP contribution in [-0.2, 0) is 29.0 Å². The fraction of sp³-hybridized carbons (Fsp3) is 0.480. The summed E-state index contributed by atoms with van der Waals surface area (Å²) in [6.45, 7) is 9.36. The van der Waals surface area contributed by atoms with Gasteiger partial charge < -0.3 is 24.1 Å². The normalized spacial score (nSPS) is 18.3. The number of fused-ring (bicyclic) bond motifs is 1. The smallest absolute Gasteiger partial charge is 0.171 e. The summed E-state index contributed by atoms with van der Waals surface area (Å²) in [5, 5.41) is 3.61. The molecule has 1 N–H and O–H groups in total. The van der Waals surface area contributed by atoms with Crippen LogP contribution >= 0.6 is 0 Å². The molecular weight excluding hydrogens is 388 g/mol. The second-order valence-electron chi connectivity index (χ2n) is 8.66. The van der Waals surface area contributed by atoms with Gasteiger partial charge >= 0.3 is 0 Å². The molecular formula is C25H32N4O2. The molecule has 6 nitrogen and oxygen atoms in total. The van der Waals surface area contributed by atoms with Crippen molar-refractivity contribution in [3.63, 3.8) is 0 Å². The Bertz CT molecular complexity index is 1030. The first-order valence-electron chi connectivity index (χ1n) is 11.4. The molecule has 1 aromatic carbocycles. The van der Waals surface area contributed by atoms with Crippen LogP contribution in [0.1, 0.15) is 42.3 Å². The average Bonchev–Trinajstić information content (AvgIpc) is 3.39. The Balaban J connectivity index is 1.19. The molecule has 164 valence electrons. The molecule has 2 aromatic heterocycles. The van der Waals surface area contributed by atoms with Crippen LogP contribution in [0.25, 0.3) is 5.65 Å². The zero-order valence-electron chi connectivity index (χ0n) is 18.6. The van der Waals surface area contributed by atoms with Crippen LogP contribution in [0.4, 0.5) is 5.69 Å². The summed E-state index contributed by atoms with van der Waals surface area (Å²) in [7, 11) is 0. The number of anilines is 1. The number of pyridine rings is 1. The fourth-order valence-corrected chi connectivity index (χ4v) is 4.76. The molecule has 31 heavy (non-hydrogen) atoms. The third-order valence-corrected chi connectivity index (χ3v) is 6.55. The number of ether oxygens (including phenoxy) is 2. The lowest BCUT2D eigenvalue weighted by Crippen LogP contribution is -2.45. The maximum absolute atomic E-state index is 5.85. The van der Waals surface area contributed by atoms with E-state index in [2.05, 4.69) is 71.1 Å². The predicted octanol–water partition coefficient (Wildman–Crippen LogP) is 3.84. The van der Waals surface area contributed by atoms with Gasteiger partial charge in [-0.3, -0.25) is 0 Å². The second kappa shape index (κ2) is 8.61. The van der Waals surface area contributed by atoms with E-state index in [0.717, 1.165) is 64.3 Å². The maximum atomic E-state index is 5.85. The van der Waals surface area contributed by atoms with E-state index in [1.54, 1.807) is 0 Å². The van der Waals surface area contributed by atoms with E-state index in [-0.39, 0.29) is 5.79 Å². The topological polar surface area (TPSA) is 51.0 Å². The molecule has 6 heteroatoms. The van der Waals surface area contributed by atoms with Gasteiger partial charge in [0.25, 0.3) is 0 Å². The first-order valence-corrected chi connectivity index (χ1v) is 11.4. The van der Waals surface area contributed by atoms with Crippen molar-refractivity contribution in [2.24, 2.45) is 0 Å². The first-order chi connectivity index (χ1) is 15.2. The SMILES string of the molecule is CCc1nc2ccc(C)cn2c1CNCc1ccc(N2CCC3(CC2)OCCO3)cc1. The monoisotopic (exact) mass is 420 g/mol. The third kappa shape index (κ3) is 4.20. The number of benzene rings is 1. The van der Waals surface area contributed by atoms with Crippen molar-refractivity contribution in [1.82, 2.24) is 14.7 Å². The highest BCUT2D eigenvalue weighted by atomic mass is 16.7. The Morgan fingerprint density at radius 1 is 1.00 bits per heavy atom. The van der Waals surface area contributed by atoms with Gasteiger partial charge in [0.15, 0.2) is 5.79 Å². The minimum absolute atomic E-state index is 0.311. The van der Waals surface area contributed by atoms with E-state index in [4.69, 9.17) is 14.5 Å². The molecule has 5 rings (SSSR count). The van der Waals surface area contributed by atoms with Gasteiger partial charge in [0, 0.05) is 50.9 Å². The summed E-state index contributed by atoms with van der Waals surface area (Å²) in [5.74, 6) is -0.311. The minimum Gasteiger partial charge on any atom is -0.371 e. The highest BCUT2D eigenvalue weighted by Crippen LogP contribution is 2.33. The average molecular weight is 421 g/mol. The van der Waals surface area contributed by atoms with E-state index < -0.39 is 0 Å². The molecule has 0 aliphatic carbocycles. The lowest BCUT2D eigenvalue weighted by Gasteiger charge is -2.38. The molecule has 2 aliphatic heterocycles. The highest BCUT2D eigenvalue weighted by Gasteiger charge is 2.39. The predicted molar refractivity (Wildman–Crippen MR) is 122 cm³/mol. The largest absolute Gasteiger partial charge is 0.371 e. The van der Waals surface area contributed by atoms with Crippen LogP contribution in [0.15, 0.2) is 42.6 Å². The van der Waals surface area contributed by atoms with Crippen LogP contribution in [0, 0.1) is 6.92 Å². The van der Waals surface area contributed by atoms with E-state index in [9.17, 15) is 0 Å². The molecule has 0 unspecified atom stereocenters. The molecule has 0 radical (unpaired) electrons. The number of imidazole rings is 1. The molecule has 0 atom stereocenters. The number of piperidine rings is 1. The van der Waals surface area contributed by atoms with Crippen LogP contribution in [-0.4, -0.2) is 41.5 Å². The molecule has 4 heterocycles. The number of aryl methyl sites for hydroxylation is 2.